The van der Waals surface area contributed by atoms with Crippen molar-refractivity contribution < 1.29 is 19.1 Å². The molecule has 0 aromatic heterocycles. The first-order valence-corrected chi connectivity index (χ1v) is 13.6. The summed E-state index contributed by atoms with van der Waals surface area (Å²) in [5.74, 6) is 0.317. The zero-order valence-electron chi connectivity index (χ0n) is 22.3. The van der Waals surface area contributed by atoms with Gasteiger partial charge in [0.15, 0.2) is 0 Å². The van der Waals surface area contributed by atoms with Crippen molar-refractivity contribution in [3.63, 3.8) is 0 Å². The summed E-state index contributed by atoms with van der Waals surface area (Å²) in [6.45, 7) is 11.8. The van der Waals surface area contributed by atoms with Crippen LogP contribution in [0.4, 0.5) is 0 Å². The summed E-state index contributed by atoms with van der Waals surface area (Å²) in [5, 5.41) is 0. The lowest BCUT2D eigenvalue weighted by Crippen LogP contribution is -2.24. The van der Waals surface area contributed by atoms with Gasteiger partial charge in [-0.1, -0.05) is 97.3 Å². The van der Waals surface area contributed by atoms with Gasteiger partial charge in [-0.15, -0.1) is 0 Å². The molecule has 0 radical (unpaired) electrons. The summed E-state index contributed by atoms with van der Waals surface area (Å²) in [6.07, 6.45) is 19.6. The van der Waals surface area contributed by atoms with Crippen LogP contribution in [0.5, 0.6) is 0 Å². The van der Waals surface area contributed by atoms with E-state index in [1.54, 1.807) is 0 Å². The third kappa shape index (κ3) is 19.6. The molecule has 0 N–H and O–H groups in total. The summed E-state index contributed by atoms with van der Waals surface area (Å²) >= 11 is 0. The summed E-state index contributed by atoms with van der Waals surface area (Å²) in [6, 6.07) is 0. The first kappa shape index (κ1) is 30.9. The van der Waals surface area contributed by atoms with Crippen LogP contribution in [-0.4, -0.2) is 24.1 Å². The van der Waals surface area contributed by atoms with Crippen molar-refractivity contribution in [2.75, 3.05) is 0 Å². The number of esters is 2. The van der Waals surface area contributed by atoms with E-state index in [1.807, 2.05) is 34.6 Å². The topological polar surface area (TPSA) is 52.6 Å². The molecule has 4 nitrogen and oxygen atoms in total. The molecular formula is C28H54O4. The maximum Gasteiger partial charge on any atom is 0.309 e. The largest absolute Gasteiger partial charge is 0.463 e. The molecule has 0 aromatic carbocycles. The smallest absolute Gasteiger partial charge is 0.309 e. The second-order valence-electron chi connectivity index (χ2n) is 10.3. The van der Waals surface area contributed by atoms with E-state index in [0.717, 1.165) is 19.3 Å². The fraction of sp³-hybridized carbons (Fsp3) is 0.929. The second kappa shape index (κ2) is 20.5. The minimum atomic E-state index is -0.0483. The Bertz CT molecular complexity index is 458. The Morgan fingerprint density at radius 3 is 1.31 bits per heavy atom. The Hall–Kier alpha value is -1.06. The van der Waals surface area contributed by atoms with Gasteiger partial charge in [-0.3, -0.25) is 9.59 Å². The molecule has 4 heteroatoms. The highest BCUT2D eigenvalue weighted by Gasteiger charge is 2.21. The molecule has 190 valence electrons. The standard InChI is InChI=1S/C28H54O4/c1-23(2)31-27(29)22-20-18-16-14-12-10-8-7-9-11-13-15-17-19-21-25(5)26(6)28(30)32-24(3)4/h23-26H,7-22H2,1-6H3. The number of unbranched alkanes of at least 4 members (excludes halogenated alkanes) is 13. The van der Waals surface area contributed by atoms with E-state index >= 15 is 0 Å². The predicted octanol–water partition coefficient (Wildman–Crippen LogP) is 8.40. The van der Waals surface area contributed by atoms with E-state index in [1.165, 1.54) is 77.0 Å². The van der Waals surface area contributed by atoms with Gasteiger partial charge in [0.05, 0.1) is 18.1 Å². The highest BCUT2D eigenvalue weighted by Crippen LogP contribution is 2.21. The fourth-order valence-corrected chi connectivity index (χ4v) is 4.00. The third-order valence-electron chi connectivity index (χ3n) is 6.23. The SMILES string of the molecule is CC(C)OC(=O)CCCCCCCCCCCCCCCCC(C)C(C)C(=O)OC(C)C. The molecule has 0 aliphatic heterocycles. The summed E-state index contributed by atoms with van der Waals surface area (Å²) in [7, 11) is 0. The highest BCUT2D eigenvalue weighted by molar-refractivity contribution is 5.72. The number of ether oxygens (including phenoxy) is 2. The van der Waals surface area contributed by atoms with Gasteiger partial charge in [-0.2, -0.15) is 0 Å². The van der Waals surface area contributed by atoms with E-state index in [2.05, 4.69) is 6.92 Å². The molecular weight excluding hydrogens is 400 g/mol. The van der Waals surface area contributed by atoms with Crippen molar-refractivity contribution >= 4 is 11.9 Å². The second-order valence-corrected chi connectivity index (χ2v) is 10.3. The lowest BCUT2D eigenvalue weighted by molar-refractivity contribution is -0.153. The molecule has 2 unspecified atom stereocenters. The Morgan fingerprint density at radius 1 is 0.531 bits per heavy atom. The minimum absolute atomic E-state index is 0.00548. The predicted molar refractivity (Wildman–Crippen MR) is 135 cm³/mol. The fourth-order valence-electron chi connectivity index (χ4n) is 4.00. The molecule has 0 amide bonds. The van der Waals surface area contributed by atoms with E-state index in [-0.39, 0.29) is 30.1 Å². The van der Waals surface area contributed by atoms with Gasteiger partial charge in [0.25, 0.3) is 0 Å². The number of carbonyl (C=O) groups excluding carboxylic acids is 2. The van der Waals surface area contributed by atoms with Crippen LogP contribution in [-0.2, 0) is 19.1 Å². The van der Waals surface area contributed by atoms with Crippen molar-refractivity contribution in [3.8, 4) is 0 Å². The van der Waals surface area contributed by atoms with Gasteiger partial charge < -0.3 is 9.47 Å². The first-order chi connectivity index (χ1) is 15.2. The Kier molecular flexibility index (Phi) is 19.9. The van der Waals surface area contributed by atoms with E-state index < -0.39 is 0 Å². The monoisotopic (exact) mass is 454 g/mol. The number of hydrogen-bond donors (Lipinski definition) is 0. The van der Waals surface area contributed by atoms with Crippen LogP contribution >= 0.6 is 0 Å². The minimum Gasteiger partial charge on any atom is -0.463 e. The van der Waals surface area contributed by atoms with Crippen LogP contribution in [0, 0.1) is 11.8 Å². The van der Waals surface area contributed by atoms with Crippen molar-refractivity contribution in [2.45, 2.75) is 156 Å². The maximum atomic E-state index is 12.0. The highest BCUT2D eigenvalue weighted by atomic mass is 16.5. The van der Waals surface area contributed by atoms with Gasteiger partial charge in [0, 0.05) is 6.42 Å². The molecule has 0 bridgehead atoms. The molecule has 0 aromatic rings. The van der Waals surface area contributed by atoms with E-state index in [9.17, 15) is 9.59 Å². The maximum absolute atomic E-state index is 12.0. The number of carbonyl (C=O) groups is 2. The van der Waals surface area contributed by atoms with Crippen LogP contribution in [0.2, 0.25) is 0 Å². The normalized spacial score (nSPS) is 13.4. The molecule has 2 atom stereocenters. The van der Waals surface area contributed by atoms with Crippen molar-refractivity contribution in [1.82, 2.24) is 0 Å². The quantitative estimate of drug-likeness (QED) is 0.129. The van der Waals surface area contributed by atoms with Gasteiger partial charge in [0.2, 0.25) is 0 Å². The summed E-state index contributed by atoms with van der Waals surface area (Å²) < 4.78 is 10.5. The van der Waals surface area contributed by atoms with Gasteiger partial charge >= 0.3 is 11.9 Å². The molecule has 0 spiro atoms. The molecule has 0 aliphatic rings. The third-order valence-corrected chi connectivity index (χ3v) is 6.23. The average Bonchev–Trinajstić information content (AvgIpc) is 2.71. The van der Waals surface area contributed by atoms with Crippen LogP contribution in [0.1, 0.15) is 144 Å². The van der Waals surface area contributed by atoms with Crippen LogP contribution < -0.4 is 0 Å². The lowest BCUT2D eigenvalue weighted by atomic mass is 9.90. The molecule has 0 saturated carbocycles. The lowest BCUT2D eigenvalue weighted by Gasteiger charge is -2.20. The number of hydrogen-bond acceptors (Lipinski definition) is 4. The Labute approximate surface area is 199 Å². The molecule has 0 fully saturated rings. The molecule has 0 rings (SSSR count). The molecule has 32 heavy (non-hydrogen) atoms. The zero-order valence-corrected chi connectivity index (χ0v) is 22.3. The van der Waals surface area contributed by atoms with Gasteiger partial charge in [-0.05, 0) is 46.5 Å². The van der Waals surface area contributed by atoms with Crippen LogP contribution in [0.3, 0.4) is 0 Å². The molecule has 0 saturated heterocycles. The zero-order chi connectivity index (χ0) is 24.2. The van der Waals surface area contributed by atoms with Crippen molar-refractivity contribution in [1.29, 1.82) is 0 Å². The van der Waals surface area contributed by atoms with Crippen LogP contribution in [0.15, 0.2) is 0 Å². The van der Waals surface area contributed by atoms with E-state index in [0.29, 0.717) is 12.3 Å². The number of rotatable bonds is 21. The van der Waals surface area contributed by atoms with Crippen molar-refractivity contribution in [3.05, 3.63) is 0 Å². The van der Waals surface area contributed by atoms with Crippen LogP contribution in [0.25, 0.3) is 0 Å². The Morgan fingerprint density at radius 2 is 0.906 bits per heavy atom. The van der Waals surface area contributed by atoms with Crippen molar-refractivity contribution in [2.24, 2.45) is 11.8 Å². The summed E-state index contributed by atoms with van der Waals surface area (Å²) in [4.78, 5) is 23.4. The first-order valence-electron chi connectivity index (χ1n) is 13.6. The molecule has 0 heterocycles. The van der Waals surface area contributed by atoms with E-state index in [4.69, 9.17) is 9.47 Å². The Balaban J connectivity index is 3.34. The summed E-state index contributed by atoms with van der Waals surface area (Å²) in [5.41, 5.74) is 0. The average molecular weight is 455 g/mol. The molecule has 0 aliphatic carbocycles. The van der Waals surface area contributed by atoms with Gasteiger partial charge in [0.1, 0.15) is 0 Å². The van der Waals surface area contributed by atoms with Gasteiger partial charge in [-0.25, -0.2) is 0 Å².